The van der Waals surface area contributed by atoms with Gasteiger partial charge in [-0.3, -0.25) is 4.79 Å². The molecule has 6 nitrogen and oxygen atoms in total. The van der Waals surface area contributed by atoms with Gasteiger partial charge in [-0.25, -0.2) is 9.18 Å². The SMILES string of the molecule is COc1ccc([C@@H]2CC(=O)C3=C(C2)NC(C)=C(C(=O)OC(C)C)[C@@H]3c2ccc(F)c(Br)c2)cc1OC. The molecule has 2 aliphatic rings. The molecule has 0 bridgehead atoms. The van der Waals surface area contributed by atoms with Gasteiger partial charge in [0.25, 0.3) is 0 Å². The quantitative estimate of drug-likeness (QED) is 0.444. The average Bonchev–Trinajstić information content (AvgIpc) is 2.83. The molecule has 0 amide bonds. The lowest BCUT2D eigenvalue weighted by molar-refractivity contribution is -0.143. The van der Waals surface area contributed by atoms with E-state index in [9.17, 15) is 14.0 Å². The summed E-state index contributed by atoms with van der Waals surface area (Å²) in [6.07, 6.45) is 0.505. The molecule has 0 spiro atoms. The number of dihydropyridines is 1. The summed E-state index contributed by atoms with van der Waals surface area (Å²) in [7, 11) is 3.16. The minimum Gasteiger partial charge on any atom is -0.493 e. The number of rotatable bonds is 6. The molecule has 36 heavy (non-hydrogen) atoms. The number of hydrogen-bond donors (Lipinski definition) is 1. The van der Waals surface area contributed by atoms with E-state index in [2.05, 4.69) is 21.2 Å². The largest absolute Gasteiger partial charge is 0.493 e. The first kappa shape index (κ1) is 25.9. The molecule has 1 aliphatic carbocycles. The lowest BCUT2D eigenvalue weighted by atomic mass is 9.71. The number of esters is 1. The van der Waals surface area contributed by atoms with Crippen LogP contribution in [0.15, 0.2) is 63.4 Å². The molecule has 0 fully saturated rings. The van der Waals surface area contributed by atoms with Gasteiger partial charge in [0.1, 0.15) is 5.82 Å². The molecule has 0 saturated heterocycles. The summed E-state index contributed by atoms with van der Waals surface area (Å²) in [4.78, 5) is 26.9. The summed E-state index contributed by atoms with van der Waals surface area (Å²) >= 11 is 3.25. The van der Waals surface area contributed by atoms with Gasteiger partial charge in [-0.15, -0.1) is 0 Å². The minimum absolute atomic E-state index is 0.0728. The highest BCUT2D eigenvalue weighted by Gasteiger charge is 2.41. The van der Waals surface area contributed by atoms with Crippen molar-refractivity contribution in [3.8, 4) is 11.5 Å². The Balaban J connectivity index is 1.79. The molecular formula is C28H29BrFNO5. The third-order valence-corrected chi connectivity index (χ3v) is 7.15. The number of halogens is 2. The Morgan fingerprint density at radius 2 is 1.75 bits per heavy atom. The summed E-state index contributed by atoms with van der Waals surface area (Å²) in [5.41, 5.74) is 3.86. The molecule has 1 N–H and O–H groups in total. The van der Waals surface area contributed by atoms with Gasteiger partial charge in [0.15, 0.2) is 17.3 Å². The van der Waals surface area contributed by atoms with Gasteiger partial charge in [0.2, 0.25) is 0 Å². The van der Waals surface area contributed by atoms with Crippen molar-refractivity contribution in [2.45, 2.75) is 51.6 Å². The Bertz CT molecular complexity index is 1280. The number of nitrogens with one attached hydrogen (secondary N) is 1. The van der Waals surface area contributed by atoms with Crippen LogP contribution in [0.25, 0.3) is 0 Å². The van der Waals surface area contributed by atoms with E-state index in [4.69, 9.17) is 14.2 Å². The van der Waals surface area contributed by atoms with Gasteiger partial charge in [-0.05, 0) is 84.4 Å². The molecule has 0 aromatic heterocycles. The average molecular weight is 558 g/mol. The number of Topliss-reactive ketones (excluding diaryl/α,β-unsaturated/α-hetero) is 1. The van der Waals surface area contributed by atoms with Crippen LogP contribution < -0.4 is 14.8 Å². The van der Waals surface area contributed by atoms with E-state index in [1.807, 2.05) is 18.2 Å². The number of carbonyl (C=O) groups excluding carboxylic acids is 2. The Morgan fingerprint density at radius 1 is 1.06 bits per heavy atom. The fourth-order valence-corrected chi connectivity index (χ4v) is 5.35. The van der Waals surface area contributed by atoms with Crippen molar-refractivity contribution in [3.63, 3.8) is 0 Å². The van der Waals surface area contributed by atoms with Gasteiger partial charge in [0, 0.05) is 29.3 Å². The molecule has 0 unspecified atom stereocenters. The van der Waals surface area contributed by atoms with Crippen LogP contribution in [-0.2, 0) is 14.3 Å². The van der Waals surface area contributed by atoms with Crippen LogP contribution in [0.5, 0.6) is 11.5 Å². The van der Waals surface area contributed by atoms with E-state index in [0.29, 0.717) is 40.3 Å². The number of carbonyl (C=O) groups is 2. The highest BCUT2D eigenvalue weighted by molar-refractivity contribution is 9.10. The van der Waals surface area contributed by atoms with E-state index < -0.39 is 17.7 Å². The molecule has 190 valence electrons. The molecule has 4 rings (SSSR count). The number of hydrogen-bond acceptors (Lipinski definition) is 6. The first-order valence-corrected chi connectivity index (χ1v) is 12.6. The van der Waals surface area contributed by atoms with E-state index in [1.165, 1.54) is 6.07 Å². The van der Waals surface area contributed by atoms with Crippen LogP contribution in [0.3, 0.4) is 0 Å². The summed E-state index contributed by atoms with van der Waals surface area (Å²) in [6.45, 7) is 5.35. The molecule has 2 aromatic carbocycles. The van der Waals surface area contributed by atoms with Crippen molar-refractivity contribution in [3.05, 3.63) is 80.4 Å². The maximum Gasteiger partial charge on any atom is 0.337 e. The number of allylic oxidation sites excluding steroid dienone is 3. The first-order chi connectivity index (χ1) is 17.1. The summed E-state index contributed by atoms with van der Waals surface area (Å²) in [5.74, 6) is -0.518. The van der Waals surface area contributed by atoms with Crippen molar-refractivity contribution >= 4 is 27.7 Å². The molecular weight excluding hydrogens is 529 g/mol. The zero-order valence-electron chi connectivity index (χ0n) is 20.9. The molecule has 8 heteroatoms. The third kappa shape index (κ3) is 4.91. The molecule has 2 aromatic rings. The number of benzene rings is 2. The van der Waals surface area contributed by atoms with Crippen molar-refractivity contribution in [1.29, 1.82) is 0 Å². The van der Waals surface area contributed by atoms with Gasteiger partial charge < -0.3 is 19.5 Å². The fraction of sp³-hybridized carbons (Fsp3) is 0.357. The van der Waals surface area contributed by atoms with E-state index in [1.54, 1.807) is 47.1 Å². The van der Waals surface area contributed by atoms with Gasteiger partial charge >= 0.3 is 5.97 Å². The molecule has 1 aliphatic heterocycles. The van der Waals surface area contributed by atoms with Gasteiger partial charge in [-0.1, -0.05) is 12.1 Å². The van der Waals surface area contributed by atoms with Crippen LogP contribution >= 0.6 is 15.9 Å². The summed E-state index contributed by atoms with van der Waals surface area (Å²) in [5, 5.41) is 3.33. The molecule has 1 heterocycles. The Hall–Kier alpha value is -3.13. The molecule has 2 atom stereocenters. The van der Waals surface area contributed by atoms with Crippen molar-refractivity contribution in [1.82, 2.24) is 5.32 Å². The maximum atomic E-state index is 14.1. The maximum absolute atomic E-state index is 14.1. The Morgan fingerprint density at radius 3 is 2.39 bits per heavy atom. The van der Waals surface area contributed by atoms with Crippen LogP contribution in [0.2, 0.25) is 0 Å². The van der Waals surface area contributed by atoms with Crippen LogP contribution in [-0.4, -0.2) is 32.1 Å². The predicted molar refractivity (Wildman–Crippen MR) is 137 cm³/mol. The summed E-state index contributed by atoms with van der Waals surface area (Å²) in [6, 6.07) is 10.2. The third-order valence-electron chi connectivity index (χ3n) is 6.55. The highest BCUT2D eigenvalue weighted by Crippen LogP contribution is 2.47. The van der Waals surface area contributed by atoms with Crippen molar-refractivity contribution < 1.29 is 28.2 Å². The predicted octanol–water partition coefficient (Wildman–Crippen LogP) is 5.92. The zero-order valence-corrected chi connectivity index (χ0v) is 22.5. The smallest absolute Gasteiger partial charge is 0.337 e. The van der Waals surface area contributed by atoms with Gasteiger partial charge in [0.05, 0.1) is 30.4 Å². The van der Waals surface area contributed by atoms with Crippen molar-refractivity contribution in [2.75, 3.05) is 14.2 Å². The molecule has 0 radical (unpaired) electrons. The molecule has 0 saturated carbocycles. The summed E-state index contributed by atoms with van der Waals surface area (Å²) < 4.78 is 30.7. The van der Waals surface area contributed by atoms with Crippen LogP contribution in [0.1, 0.15) is 56.6 Å². The fourth-order valence-electron chi connectivity index (χ4n) is 4.95. The second kappa shape index (κ2) is 10.5. The normalized spacial score (nSPS) is 19.7. The van der Waals surface area contributed by atoms with Crippen LogP contribution in [0, 0.1) is 5.82 Å². The van der Waals surface area contributed by atoms with E-state index >= 15 is 0 Å². The van der Waals surface area contributed by atoms with Gasteiger partial charge in [-0.2, -0.15) is 0 Å². The second-order valence-electron chi connectivity index (χ2n) is 9.26. The topological polar surface area (TPSA) is 73.9 Å². The second-order valence-corrected chi connectivity index (χ2v) is 10.1. The highest BCUT2D eigenvalue weighted by atomic mass is 79.9. The first-order valence-electron chi connectivity index (χ1n) is 11.8. The standard InChI is InChI=1S/C28H29BrFNO5/c1-14(2)36-28(33)25-15(3)31-21-11-18(16-7-9-23(34-4)24(13-16)35-5)12-22(32)27(21)26(25)17-6-8-20(30)19(29)10-17/h6-10,13-14,18,26,31H,11-12H2,1-5H3/t18-,26-/m0/s1. The monoisotopic (exact) mass is 557 g/mol. The lowest BCUT2D eigenvalue weighted by Gasteiger charge is -2.37. The number of ketones is 1. The Kier molecular flexibility index (Phi) is 7.54. The minimum atomic E-state index is -0.664. The van der Waals surface area contributed by atoms with E-state index in [0.717, 1.165) is 11.3 Å². The number of ether oxygens (including phenoxy) is 3. The van der Waals surface area contributed by atoms with Crippen molar-refractivity contribution in [2.24, 2.45) is 0 Å². The lowest BCUT2D eigenvalue weighted by Crippen LogP contribution is -2.36. The Labute approximate surface area is 218 Å². The van der Waals surface area contributed by atoms with E-state index in [-0.39, 0.29) is 28.7 Å². The number of methoxy groups -OCH3 is 2. The zero-order chi connectivity index (χ0) is 26.1. The van der Waals surface area contributed by atoms with Crippen LogP contribution in [0.4, 0.5) is 4.39 Å².